The average molecular weight is 343 g/mol. The molecule has 25 heavy (non-hydrogen) atoms. The summed E-state index contributed by atoms with van der Waals surface area (Å²) in [5.41, 5.74) is 6.74. The molecule has 1 unspecified atom stereocenters. The number of nitrogens with one attached hydrogen (secondary N) is 1. The van der Waals surface area contributed by atoms with Gasteiger partial charge in [-0.05, 0) is 30.9 Å². The van der Waals surface area contributed by atoms with Gasteiger partial charge in [-0.15, -0.1) is 0 Å². The SMILES string of the molecule is NC(=O)c1cnn2c1CC(CNC(=O)c1ccc(C(=O)O)cn1)CC2. The van der Waals surface area contributed by atoms with Gasteiger partial charge in [0.15, 0.2) is 0 Å². The maximum atomic E-state index is 12.1. The highest BCUT2D eigenvalue weighted by molar-refractivity contribution is 5.94. The minimum atomic E-state index is -1.09. The predicted molar refractivity (Wildman–Crippen MR) is 86.1 cm³/mol. The molecule has 2 aromatic rings. The molecular weight excluding hydrogens is 326 g/mol. The quantitative estimate of drug-likeness (QED) is 0.701. The maximum Gasteiger partial charge on any atom is 0.337 e. The Bertz CT molecular complexity index is 828. The third kappa shape index (κ3) is 3.49. The Morgan fingerprint density at radius 1 is 1.32 bits per heavy atom. The van der Waals surface area contributed by atoms with Gasteiger partial charge in [0.2, 0.25) is 0 Å². The maximum absolute atomic E-state index is 12.1. The summed E-state index contributed by atoms with van der Waals surface area (Å²) in [7, 11) is 0. The molecule has 9 heteroatoms. The summed E-state index contributed by atoms with van der Waals surface area (Å²) in [6.07, 6.45) is 4.05. The number of hydrogen-bond donors (Lipinski definition) is 3. The lowest BCUT2D eigenvalue weighted by molar-refractivity contribution is 0.0695. The van der Waals surface area contributed by atoms with E-state index >= 15 is 0 Å². The molecule has 1 aliphatic rings. The Balaban J connectivity index is 1.60. The van der Waals surface area contributed by atoms with Crippen LogP contribution in [0.2, 0.25) is 0 Å². The van der Waals surface area contributed by atoms with E-state index in [2.05, 4.69) is 15.4 Å². The number of primary amides is 1. The van der Waals surface area contributed by atoms with E-state index in [0.717, 1.165) is 18.3 Å². The Kier molecular flexibility index (Phi) is 4.46. The van der Waals surface area contributed by atoms with Crippen molar-refractivity contribution in [3.63, 3.8) is 0 Å². The van der Waals surface area contributed by atoms with E-state index in [9.17, 15) is 14.4 Å². The molecule has 0 bridgehead atoms. The molecule has 4 N–H and O–H groups in total. The van der Waals surface area contributed by atoms with Gasteiger partial charge in [0, 0.05) is 19.3 Å². The number of aromatic carboxylic acids is 1. The van der Waals surface area contributed by atoms with Gasteiger partial charge < -0.3 is 16.2 Å². The molecule has 9 nitrogen and oxygen atoms in total. The molecule has 0 aliphatic carbocycles. The van der Waals surface area contributed by atoms with Gasteiger partial charge in [-0.2, -0.15) is 5.10 Å². The molecule has 0 spiro atoms. The minimum absolute atomic E-state index is 0.0241. The van der Waals surface area contributed by atoms with Crippen molar-refractivity contribution in [3.8, 4) is 0 Å². The standard InChI is InChI=1S/C16H17N5O4/c17-14(22)11-8-20-21-4-3-9(5-13(11)21)6-19-15(23)12-2-1-10(7-18-12)16(24)25/h1-2,7-9H,3-6H2,(H2,17,22)(H,19,23)(H,24,25). The first-order valence-corrected chi connectivity index (χ1v) is 7.77. The Hall–Kier alpha value is -3.23. The number of carbonyl (C=O) groups is 3. The minimum Gasteiger partial charge on any atom is -0.478 e. The zero-order valence-corrected chi connectivity index (χ0v) is 13.3. The van der Waals surface area contributed by atoms with Crippen LogP contribution in [-0.2, 0) is 13.0 Å². The molecular formula is C16H17N5O4. The summed E-state index contributed by atoms with van der Waals surface area (Å²) in [6.45, 7) is 1.08. The Labute approximate surface area is 142 Å². The first kappa shape index (κ1) is 16.6. The number of pyridine rings is 1. The molecule has 3 heterocycles. The molecule has 3 rings (SSSR count). The van der Waals surface area contributed by atoms with Crippen molar-refractivity contribution >= 4 is 17.8 Å². The van der Waals surface area contributed by atoms with Crippen LogP contribution in [0.3, 0.4) is 0 Å². The Morgan fingerprint density at radius 3 is 2.76 bits per heavy atom. The van der Waals surface area contributed by atoms with E-state index in [-0.39, 0.29) is 23.1 Å². The van der Waals surface area contributed by atoms with Crippen LogP contribution in [-0.4, -0.2) is 44.2 Å². The molecule has 1 aliphatic heterocycles. The van der Waals surface area contributed by atoms with Crippen molar-refractivity contribution in [2.24, 2.45) is 11.7 Å². The number of aryl methyl sites for hydroxylation is 1. The zero-order valence-electron chi connectivity index (χ0n) is 13.3. The van der Waals surface area contributed by atoms with E-state index in [4.69, 9.17) is 10.8 Å². The monoisotopic (exact) mass is 343 g/mol. The van der Waals surface area contributed by atoms with Gasteiger partial charge in [0.25, 0.3) is 11.8 Å². The highest BCUT2D eigenvalue weighted by Crippen LogP contribution is 2.22. The molecule has 0 aromatic carbocycles. The number of carbonyl (C=O) groups excluding carboxylic acids is 2. The van der Waals surface area contributed by atoms with Gasteiger partial charge in [-0.25, -0.2) is 4.79 Å². The van der Waals surface area contributed by atoms with Crippen molar-refractivity contribution in [1.82, 2.24) is 20.1 Å². The summed E-state index contributed by atoms with van der Waals surface area (Å²) in [6, 6.07) is 2.71. The van der Waals surface area contributed by atoms with Crippen LogP contribution in [0.25, 0.3) is 0 Å². The summed E-state index contributed by atoms with van der Waals surface area (Å²) in [5.74, 6) is -1.81. The van der Waals surface area contributed by atoms with Crippen LogP contribution in [0.15, 0.2) is 24.5 Å². The van der Waals surface area contributed by atoms with E-state index < -0.39 is 11.9 Å². The highest BCUT2D eigenvalue weighted by Gasteiger charge is 2.24. The van der Waals surface area contributed by atoms with Crippen molar-refractivity contribution in [1.29, 1.82) is 0 Å². The number of carboxylic acids is 1. The molecule has 130 valence electrons. The van der Waals surface area contributed by atoms with Crippen molar-refractivity contribution in [2.75, 3.05) is 6.54 Å². The number of nitrogens with zero attached hydrogens (tertiary/aromatic N) is 3. The van der Waals surface area contributed by atoms with E-state index in [1.807, 2.05) is 0 Å². The van der Waals surface area contributed by atoms with Crippen LogP contribution in [0.1, 0.15) is 43.3 Å². The summed E-state index contributed by atoms with van der Waals surface area (Å²) in [5, 5.41) is 15.8. The van der Waals surface area contributed by atoms with Gasteiger partial charge in [0.1, 0.15) is 5.69 Å². The molecule has 2 amide bonds. The van der Waals surface area contributed by atoms with Crippen LogP contribution in [0.4, 0.5) is 0 Å². The lowest BCUT2D eigenvalue weighted by atomic mass is 9.94. The second-order valence-electron chi connectivity index (χ2n) is 5.90. The first-order valence-electron chi connectivity index (χ1n) is 7.77. The van der Waals surface area contributed by atoms with Crippen LogP contribution in [0, 0.1) is 5.92 Å². The number of aromatic nitrogens is 3. The second kappa shape index (κ2) is 6.71. The normalized spacial score (nSPS) is 16.1. The number of carboxylic acid groups (broad SMARTS) is 1. The van der Waals surface area contributed by atoms with Gasteiger partial charge >= 0.3 is 5.97 Å². The second-order valence-corrected chi connectivity index (χ2v) is 5.90. The Morgan fingerprint density at radius 2 is 2.12 bits per heavy atom. The van der Waals surface area contributed by atoms with E-state index in [1.54, 1.807) is 4.68 Å². The van der Waals surface area contributed by atoms with Gasteiger partial charge in [-0.3, -0.25) is 19.3 Å². The summed E-state index contributed by atoms with van der Waals surface area (Å²) < 4.78 is 1.77. The molecule has 0 saturated carbocycles. The summed E-state index contributed by atoms with van der Waals surface area (Å²) in [4.78, 5) is 38.2. The van der Waals surface area contributed by atoms with E-state index in [0.29, 0.717) is 25.1 Å². The molecule has 0 saturated heterocycles. The van der Waals surface area contributed by atoms with Crippen LogP contribution in [0.5, 0.6) is 0 Å². The number of amides is 2. The van der Waals surface area contributed by atoms with Crippen molar-refractivity contribution < 1.29 is 19.5 Å². The lowest BCUT2D eigenvalue weighted by Crippen LogP contribution is -2.34. The van der Waals surface area contributed by atoms with Gasteiger partial charge in [-0.1, -0.05) is 0 Å². The number of hydrogen-bond acceptors (Lipinski definition) is 5. The van der Waals surface area contributed by atoms with Crippen molar-refractivity contribution in [3.05, 3.63) is 47.0 Å². The summed E-state index contributed by atoms with van der Waals surface area (Å²) >= 11 is 0. The van der Waals surface area contributed by atoms with E-state index in [1.165, 1.54) is 18.3 Å². The largest absolute Gasteiger partial charge is 0.478 e. The average Bonchev–Trinajstić information content (AvgIpc) is 3.03. The molecule has 0 radical (unpaired) electrons. The fourth-order valence-electron chi connectivity index (χ4n) is 2.86. The topological polar surface area (TPSA) is 140 Å². The van der Waals surface area contributed by atoms with Gasteiger partial charge in [0.05, 0.1) is 23.0 Å². The fourth-order valence-corrected chi connectivity index (χ4v) is 2.86. The zero-order chi connectivity index (χ0) is 18.0. The highest BCUT2D eigenvalue weighted by atomic mass is 16.4. The lowest BCUT2D eigenvalue weighted by Gasteiger charge is -2.24. The predicted octanol–water partition coefficient (Wildman–Crippen LogP) is 0.0676. The first-order chi connectivity index (χ1) is 12.0. The third-order valence-corrected chi connectivity index (χ3v) is 4.24. The fraction of sp³-hybridized carbons (Fsp3) is 0.312. The number of rotatable bonds is 5. The van der Waals surface area contributed by atoms with Crippen LogP contribution >= 0.6 is 0 Å². The van der Waals surface area contributed by atoms with Crippen molar-refractivity contribution in [2.45, 2.75) is 19.4 Å². The molecule has 2 aromatic heterocycles. The molecule has 0 fully saturated rings. The smallest absolute Gasteiger partial charge is 0.337 e. The number of nitrogens with two attached hydrogens (primary N) is 1. The number of fused-ring (bicyclic) bond motifs is 1. The van der Waals surface area contributed by atoms with Crippen LogP contribution < -0.4 is 11.1 Å². The molecule has 1 atom stereocenters. The third-order valence-electron chi connectivity index (χ3n) is 4.24.